The summed E-state index contributed by atoms with van der Waals surface area (Å²) < 4.78 is 2.02. The summed E-state index contributed by atoms with van der Waals surface area (Å²) >= 11 is 0. The van der Waals surface area contributed by atoms with Crippen LogP contribution in [0.1, 0.15) is 37.7 Å². The van der Waals surface area contributed by atoms with E-state index in [0.717, 1.165) is 0 Å². The van der Waals surface area contributed by atoms with Crippen molar-refractivity contribution in [2.45, 2.75) is 44.7 Å². The third kappa shape index (κ3) is 4.88. The molecule has 5 heteroatoms. The van der Waals surface area contributed by atoms with E-state index in [9.17, 15) is 0 Å². The number of hydrogen-bond acceptors (Lipinski definition) is 1. The number of nitrogens with one attached hydrogen (secondary N) is 1. The van der Waals surface area contributed by atoms with E-state index in [0.29, 0.717) is 18.5 Å². The molecule has 1 heterocycles. The van der Waals surface area contributed by atoms with Gasteiger partial charge < -0.3 is 15.6 Å². The lowest BCUT2D eigenvalue weighted by Gasteiger charge is -2.23. The van der Waals surface area contributed by atoms with Crippen molar-refractivity contribution < 1.29 is 0 Å². The molecule has 0 unspecified atom stereocenters. The maximum Gasteiger partial charge on any atom is 0.189 e. The second kappa shape index (κ2) is 7.66. The Bertz CT molecular complexity index is 380. The highest BCUT2D eigenvalue weighted by Crippen LogP contribution is 2.17. The van der Waals surface area contributed by atoms with Crippen molar-refractivity contribution in [3.05, 3.63) is 24.0 Å². The highest BCUT2D eigenvalue weighted by Gasteiger charge is 2.13. The number of rotatable bonds is 3. The van der Waals surface area contributed by atoms with E-state index in [1.165, 1.54) is 37.7 Å². The molecule has 1 aliphatic rings. The van der Waals surface area contributed by atoms with Gasteiger partial charge in [0.2, 0.25) is 0 Å². The summed E-state index contributed by atoms with van der Waals surface area (Å²) in [7, 11) is 2.01. The summed E-state index contributed by atoms with van der Waals surface area (Å²) in [5.41, 5.74) is 7.09. The number of guanidine groups is 1. The summed E-state index contributed by atoms with van der Waals surface area (Å²) in [5, 5.41) is 3.32. The van der Waals surface area contributed by atoms with Gasteiger partial charge in [0.25, 0.3) is 0 Å². The highest BCUT2D eigenvalue weighted by molar-refractivity contribution is 14.0. The number of aryl methyl sites for hydroxylation is 1. The van der Waals surface area contributed by atoms with Crippen molar-refractivity contribution in [3.8, 4) is 0 Å². The second-order valence-corrected chi connectivity index (χ2v) is 4.87. The van der Waals surface area contributed by atoms with Crippen LogP contribution in [0.5, 0.6) is 0 Å². The van der Waals surface area contributed by atoms with Crippen LogP contribution in [0.2, 0.25) is 0 Å². The van der Waals surface area contributed by atoms with Crippen molar-refractivity contribution in [1.29, 1.82) is 0 Å². The molecule has 4 nitrogen and oxygen atoms in total. The number of halogens is 1. The average Bonchev–Trinajstić information content (AvgIpc) is 2.74. The lowest BCUT2D eigenvalue weighted by atomic mass is 9.96. The van der Waals surface area contributed by atoms with Gasteiger partial charge in [0.15, 0.2) is 5.96 Å². The molecule has 1 aliphatic carbocycles. The topological polar surface area (TPSA) is 55.3 Å². The zero-order valence-electron chi connectivity index (χ0n) is 10.9. The van der Waals surface area contributed by atoms with Crippen LogP contribution in [0.3, 0.4) is 0 Å². The zero-order valence-corrected chi connectivity index (χ0v) is 13.3. The molecule has 1 aromatic rings. The van der Waals surface area contributed by atoms with Crippen LogP contribution in [-0.4, -0.2) is 16.6 Å². The summed E-state index contributed by atoms with van der Waals surface area (Å²) in [6.07, 6.45) is 10.5. The van der Waals surface area contributed by atoms with Gasteiger partial charge in [0.1, 0.15) is 0 Å². The first kappa shape index (κ1) is 15.3. The fourth-order valence-corrected chi connectivity index (χ4v) is 2.33. The van der Waals surface area contributed by atoms with Crippen LogP contribution < -0.4 is 11.1 Å². The first-order valence-corrected chi connectivity index (χ1v) is 6.41. The van der Waals surface area contributed by atoms with Crippen LogP contribution in [0.25, 0.3) is 0 Å². The van der Waals surface area contributed by atoms with Gasteiger partial charge in [0.05, 0.1) is 6.54 Å². The third-order valence-electron chi connectivity index (χ3n) is 3.28. The Balaban J connectivity index is 0.00000162. The third-order valence-corrected chi connectivity index (χ3v) is 3.28. The van der Waals surface area contributed by atoms with Gasteiger partial charge >= 0.3 is 0 Å². The van der Waals surface area contributed by atoms with Gasteiger partial charge in [-0.05, 0) is 24.5 Å². The van der Waals surface area contributed by atoms with Gasteiger partial charge in [-0.3, -0.25) is 0 Å². The molecule has 3 N–H and O–H groups in total. The van der Waals surface area contributed by atoms with Crippen LogP contribution >= 0.6 is 24.0 Å². The van der Waals surface area contributed by atoms with Crippen LogP contribution in [0, 0.1) is 0 Å². The lowest BCUT2D eigenvalue weighted by molar-refractivity contribution is 0.412. The smallest absolute Gasteiger partial charge is 0.189 e. The minimum atomic E-state index is 0. The maximum atomic E-state index is 5.89. The van der Waals surface area contributed by atoms with E-state index in [2.05, 4.69) is 22.6 Å². The molecule has 0 aromatic carbocycles. The molecule has 0 radical (unpaired) electrons. The van der Waals surface area contributed by atoms with E-state index >= 15 is 0 Å². The van der Waals surface area contributed by atoms with Crippen molar-refractivity contribution >= 4 is 29.9 Å². The van der Waals surface area contributed by atoms with Crippen LogP contribution in [0.15, 0.2) is 23.5 Å². The Labute approximate surface area is 126 Å². The first-order chi connectivity index (χ1) is 8.24. The van der Waals surface area contributed by atoms with Gasteiger partial charge in [0, 0.05) is 25.5 Å². The van der Waals surface area contributed by atoms with E-state index < -0.39 is 0 Å². The summed E-state index contributed by atoms with van der Waals surface area (Å²) in [4.78, 5) is 4.37. The minimum Gasteiger partial charge on any atom is -0.370 e. The molecule has 0 saturated heterocycles. The van der Waals surface area contributed by atoms with E-state index in [1.807, 2.05) is 17.8 Å². The molecular weight excluding hydrogens is 339 g/mol. The van der Waals surface area contributed by atoms with Crippen LogP contribution in [-0.2, 0) is 13.6 Å². The largest absolute Gasteiger partial charge is 0.370 e. The first-order valence-electron chi connectivity index (χ1n) is 6.41. The molecule has 18 heavy (non-hydrogen) atoms. The molecule has 102 valence electrons. The van der Waals surface area contributed by atoms with Crippen molar-refractivity contribution in [2.24, 2.45) is 17.8 Å². The maximum absolute atomic E-state index is 5.89. The molecule has 0 aliphatic heterocycles. The zero-order chi connectivity index (χ0) is 12.1. The van der Waals surface area contributed by atoms with Crippen molar-refractivity contribution in [1.82, 2.24) is 9.88 Å². The van der Waals surface area contributed by atoms with Gasteiger partial charge in [-0.15, -0.1) is 24.0 Å². The van der Waals surface area contributed by atoms with Gasteiger partial charge in [-0.1, -0.05) is 19.3 Å². The fraction of sp³-hybridized carbons (Fsp3) is 0.615. The molecule has 0 amide bonds. The molecule has 1 saturated carbocycles. The van der Waals surface area contributed by atoms with Crippen molar-refractivity contribution in [3.63, 3.8) is 0 Å². The second-order valence-electron chi connectivity index (χ2n) is 4.87. The summed E-state index contributed by atoms with van der Waals surface area (Å²) in [5.74, 6) is 0.584. The van der Waals surface area contributed by atoms with E-state index in [-0.39, 0.29) is 24.0 Å². The Kier molecular flexibility index (Phi) is 6.52. The molecule has 0 spiro atoms. The average molecular weight is 362 g/mol. The number of hydrogen-bond donors (Lipinski definition) is 2. The molecule has 0 bridgehead atoms. The number of nitrogens with zero attached hydrogens (tertiary/aromatic N) is 2. The van der Waals surface area contributed by atoms with Gasteiger partial charge in [-0.2, -0.15) is 0 Å². The van der Waals surface area contributed by atoms with E-state index in [4.69, 9.17) is 5.73 Å². The highest BCUT2D eigenvalue weighted by atomic mass is 127. The molecule has 1 fully saturated rings. The summed E-state index contributed by atoms with van der Waals surface area (Å²) in [6, 6.07) is 2.60. The monoisotopic (exact) mass is 362 g/mol. The Morgan fingerprint density at radius 2 is 2.17 bits per heavy atom. The van der Waals surface area contributed by atoms with Crippen LogP contribution in [0.4, 0.5) is 0 Å². The SMILES string of the molecule is Cn1ccc(CN=C(N)NC2CCCCC2)c1.I. The quantitative estimate of drug-likeness (QED) is 0.493. The van der Waals surface area contributed by atoms with E-state index in [1.54, 1.807) is 0 Å². The minimum absolute atomic E-state index is 0. The number of aliphatic imine (C=N–C) groups is 1. The summed E-state index contributed by atoms with van der Waals surface area (Å²) in [6.45, 7) is 0.659. The van der Waals surface area contributed by atoms with Gasteiger partial charge in [-0.25, -0.2) is 4.99 Å². The molecule has 2 rings (SSSR count). The molecule has 1 aromatic heterocycles. The molecular formula is C13H23IN4. The normalized spacial score (nSPS) is 17.3. The number of aromatic nitrogens is 1. The Morgan fingerprint density at radius 1 is 1.44 bits per heavy atom. The standard InChI is InChI=1S/C13H22N4.HI/c1-17-8-7-11(10-17)9-15-13(14)16-12-5-3-2-4-6-12;/h7-8,10,12H,2-6,9H2,1H3,(H3,14,15,16);1H. The molecule has 0 atom stereocenters. The Morgan fingerprint density at radius 3 is 2.78 bits per heavy atom. The number of nitrogens with two attached hydrogens (primary N) is 1. The Hall–Kier alpha value is -0.720. The fourth-order valence-electron chi connectivity index (χ4n) is 2.33. The van der Waals surface area contributed by atoms with Crippen molar-refractivity contribution in [2.75, 3.05) is 0 Å². The predicted octanol–water partition coefficient (Wildman–Crippen LogP) is 2.38. The lowest BCUT2D eigenvalue weighted by Crippen LogP contribution is -2.41. The predicted molar refractivity (Wildman–Crippen MR) is 86.2 cm³/mol.